The van der Waals surface area contributed by atoms with E-state index in [1.165, 1.54) is 0 Å². The normalized spacial score (nSPS) is 19.7. The Bertz CT molecular complexity index is 771. The van der Waals surface area contributed by atoms with Crippen molar-refractivity contribution in [1.29, 1.82) is 0 Å². The summed E-state index contributed by atoms with van der Waals surface area (Å²) in [7, 11) is 0. The van der Waals surface area contributed by atoms with Crippen LogP contribution in [0.2, 0.25) is 0 Å². The standard InChI is InChI=1S/C19H23N3O3/c1-14-11-20-21(12-14)13-19(23)22-7-2-4-16(22)15-5-6-17-18(10-15)25-9-3-8-24-17/h5-6,10-12,16H,2-4,7-9,13H2,1H3/t16-/m1/s1. The minimum absolute atomic E-state index is 0.0984. The molecule has 0 radical (unpaired) electrons. The second kappa shape index (κ2) is 6.78. The molecule has 6 heteroatoms. The molecule has 4 rings (SSSR count). The fourth-order valence-electron chi connectivity index (χ4n) is 3.58. The van der Waals surface area contributed by atoms with Crippen molar-refractivity contribution in [3.63, 3.8) is 0 Å². The molecule has 1 saturated heterocycles. The summed E-state index contributed by atoms with van der Waals surface area (Å²) in [5, 5.41) is 4.23. The number of likely N-dealkylation sites (tertiary alicyclic amines) is 1. The number of carbonyl (C=O) groups is 1. The molecule has 0 saturated carbocycles. The third-order valence-corrected chi connectivity index (χ3v) is 4.79. The molecule has 0 unspecified atom stereocenters. The molecule has 1 fully saturated rings. The number of hydrogen-bond acceptors (Lipinski definition) is 4. The average Bonchev–Trinajstić information content (AvgIpc) is 3.18. The van der Waals surface area contributed by atoms with Gasteiger partial charge in [0.1, 0.15) is 6.54 Å². The molecular weight excluding hydrogens is 318 g/mol. The van der Waals surface area contributed by atoms with Crippen molar-refractivity contribution >= 4 is 5.91 Å². The first kappa shape index (κ1) is 16.0. The molecular formula is C19H23N3O3. The lowest BCUT2D eigenvalue weighted by atomic mass is 10.0. The minimum Gasteiger partial charge on any atom is -0.490 e. The van der Waals surface area contributed by atoms with Crippen LogP contribution >= 0.6 is 0 Å². The molecule has 0 bridgehead atoms. The Morgan fingerprint density at radius 3 is 2.88 bits per heavy atom. The summed E-state index contributed by atoms with van der Waals surface area (Å²) in [5.74, 6) is 1.69. The van der Waals surface area contributed by atoms with Gasteiger partial charge in [0.25, 0.3) is 0 Å². The Hall–Kier alpha value is -2.50. The van der Waals surface area contributed by atoms with Gasteiger partial charge in [-0.2, -0.15) is 5.10 Å². The zero-order valence-electron chi connectivity index (χ0n) is 14.5. The van der Waals surface area contributed by atoms with Gasteiger partial charge in [0, 0.05) is 19.2 Å². The number of benzene rings is 1. The van der Waals surface area contributed by atoms with E-state index in [9.17, 15) is 4.79 Å². The van der Waals surface area contributed by atoms with Crippen LogP contribution in [0.25, 0.3) is 0 Å². The van der Waals surface area contributed by atoms with Crippen LogP contribution in [0.4, 0.5) is 0 Å². The number of aryl methyl sites for hydroxylation is 1. The first-order chi connectivity index (χ1) is 12.2. The first-order valence-electron chi connectivity index (χ1n) is 8.89. The van der Waals surface area contributed by atoms with Gasteiger partial charge < -0.3 is 14.4 Å². The van der Waals surface area contributed by atoms with Gasteiger partial charge in [-0.15, -0.1) is 0 Å². The fourth-order valence-corrected chi connectivity index (χ4v) is 3.58. The Kier molecular flexibility index (Phi) is 4.34. The number of ether oxygens (including phenoxy) is 2. The van der Waals surface area contributed by atoms with E-state index < -0.39 is 0 Å². The average molecular weight is 341 g/mol. The van der Waals surface area contributed by atoms with Crippen LogP contribution in [0.1, 0.15) is 36.4 Å². The predicted octanol–water partition coefficient (Wildman–Crippen LogP) is 2.72. The van der Waals surface area contributed by atoms with E-state index in [1.807, 2.05) is 30.2 Å². The van der Waals surface area contributed by atoms with Crippen molar-refractivity contribution < 1.29 is 14.3 Å². The van der Waals surface area contributed by atoms with Crippen LogP contribution < -0.4 is 9.47 Å². The van der Waals surface area contributed by atoms with E-state index in [4.69, 9.17) is 9.47 Å². The molecule has 0 spiro atoms. The molecule has 1 aromatic carbocycles. The quantitative estimate of drug-likeness (QED) is 0.861. The van der Waals surface area contributed by atoms with E-state index in [0.29, 0.717) is 13.2 Å². The van der Waals surface area contributed by atoms with Gasteiger partial charge in [-0.25, -0.2) is 0 Å². The summed E-state index contributed by atoms with van der Waals surface area (Å²) >= 11 is 0. The summed E-state index contributed by atoms with van der Waals surface area (Å²) in [5.41, 5.74) is 2.18. The zero-order chi connectivity index (χ0) is 17.2. The van der Waals surface area contributed by atoms with E-state index in [2.05, 4.69) is 11.2 Å². The number of amides is 1. The smallest absolute Gasteiger partial charge is 0.244 e. The first-order valence-corrected chi connectivity index (χ1v) is 8.89. The highest BCUT2D eigenvalue weighted by molar-refractivity contribution is 5.76. The predicted molar refractivity (Wildman–Crippen MR) is 92.7 cm³/mol. The van der Waals surface area contributed by atoms with Crippen molar-refractivity contribution in [3.05, 3.63) is 41.7 Å². The summed E-state index contributed by atoms with van der Waals surface area (Å²) in [4.78, 5) is 14.7. The molecule has 3 heterocycles. The Balaban J connectivity index is 1.53. The zero-order valence-corrected chi connectivity index (χ0v) is 14.5. The lowest BCUT2D eigenvalue weighted by molar-refractivity contribution is -0.133. The third kappa shape index (κ3) is 3.34. The molecule has 0 N–H and O–H groups in total. The molecule has 1 aromatic heterocycles. The lowest BCUT2D eigenvalue weighted by Gasteiger charge is -2.25. The van der Waals surface area contributed by atoms with Crippen LogP contribution in [0.5, 0.6) is 11.5 Å². The van der Waals surface area contributed by atoms with Gasteiger partial charge in [0.2, 0.25) is 5.91 Å². The number of nitrogens with zero attached hydrogens (tertiary/aromatic N) is 3. The summed E-state index contributed by atoms with van der Waals surface area (Å²) in [6.45, 7) is 4.41. The van der Waals surface area contributed by atoms with Crippen molar-refractivity contribution in [3.8, 4) is 11.5 Å². The molecule has 2 aromatic rings. The van der Waals surface area contributed by atoms with Crippen molar-refractivity contribution in [2.45, 2.75) is 38.8 Å². The molecule has 6 nitrogen and oxygen atoms in total. The maximum Gasteiger partial charge on any atom is 0.244 e. The fraction of sp³-hybridized carbons (Fsp3) is 0.474. The molecule has 0 aliphatic carbocycles. The van der Waals surface area contributed by atoms with Gasteiger partial charge >= 0.3 is 0 Å². The van der Waals surface area contributed by atoms with Crippen LogP contribution in [0, 0.1) is 6.92 Å². The van der Waals surface area contributed by atoms with Gasteiger partial charge in [-0.1, -0.05) is 6.07 Å². The van der Waals surface area contributed by atoms with Crippen LogP contribution in [-0.2, 0) is 11.3 Å². The number of carbonyl (C=O) groups excluding carboxylic acids is 1. The number of hydrogen-bond donors (Lipinski definition) is 0. The number of rotatable bonds is 3. The maximum absolute atomic E-state index is 12.8. The van der Waals surface area contributed by atoms with Gasteiger partial charge in [-0.3, -0.25) is 9.48 Å². The SMILES string of the molecule is Cc1cnn(CC(=O)N2CCC[C@@H]2c2ccc3c(c2)OCCCO3)c1. The van der Waals surface area contributed by atoms with E-state index in [1.54, 1.807) is 10.9 Å². The van der Waals surface area contributed by atoms with Crippen molar-refractivity contribution in [2.75, 3.05) is 19.8 Å². The molecule has 132 valence electrons. The summed E-state index contributed by atoms with van der Waals surface area (Å²) < 4.78 is 13.2. The minimum atomic E-state index is 0.0984. The highest BCUT2D eigenvalue weighted by Crippen LogP contribution is 2.38. The molecule has 2 aliphatic heterocycles. The van der Waals surface area contributed by atoms with Crippen LogP contribution in [-0.4, -0.2) is 40.3 Å². The van der Waals surface area contributed by atoms with Crippen molar-refractivity contribution in [1.82, 2.24) is 14.7 Å². The largest absolute Gasteiger partial charge is 0.490 e. The Morgan fingerprint density at radius 1 is 1.24 bits per heavy atom. The molecule has 1 atom stereocenters. The molecule has 2 aliphatic rings. The van der Waals surface area contributed by atoms with Gasteiger partial charge in [0.15, 0.2) is 11.5 Å². The third-order valence-electron chi connectivity index (χ3n) is 4.79. The van der Waals surface area contributed by atoms with E-state index in [0.717, 1.165) is 48.4 Å². The monoisotopic (exact) mass is 341 g/mol. The van der Waals surface area contributed by atoms with Gasteiger partial charge in [0.05, 0.1) is 25.5 Å². The van der Waals surface area contributed by atoms with Crippen LogP contribution in [0.3, 0.4) is 0 Å². The van der Waals surface area contributed by atoms with E-state index in [-0.39, 0.29) is 18.5 Å². The highest BCUT2D eigenvalue weighted by atomic mass is 16.5. The van der Waals surface area contributed by atoms with E-state index >= 15 is 0 Å². The number of aromatic nitrogens is 2. The lowest BCUT2D eigenvalue weighted by Crippen LogP contribution is -2.33. The van der Waals surface area contributed by atoms with Crippen molar-refractivity contribution in [2.24, 2.45) is 0 Å². The topological polar surface area (TPSA) is 56.6 Å². The highest BCUT2D eigenvalue weighted by Gasteiger charge is 2.30. The number of fused-ring (bicyclic) bond motifs is 1. The Morgan fingerprint density at radius 2 is 2.08 bits per heavy atom. The summed E-state index contributed by atoms with van der Waals surface area (Å²) in [6.07, 6.45) is 6.56. The van der Waals surface area contributed by atoms with Gasteiger partial charge in [-0.05, 0) is 43.0 Å². The molecule has 25 heavy (non-hydrogen) atoms. The molecule has 1 amide bonds. The Labute approximate surface area is 147 Å². The second-order valence-corrected chi connectivity index (χ2v) is 6.72. The van der Waals surface area contributed by atoms with Crippen LogP contribution in [0.15, 0.2) is 30.6 Å². The maximum atomic E-state index is 12.8. The second-order valence-electron chi connectivity index (χ2n) is 6.72. The summed E-state index contributed by atoms with van der Waals surface area (Å²) in [6, 6.07) is 6.16.